The highest BCUT2D eigenvalue weighted by atomic mass is 16.5. The molecule has 0 fully saturated rings. The quantitative estimate of drug-likeness (QED) is 0.699. The number of fused-ring (bicyclic) bond motifs is 1. The van der Waals surface area contributed by atoms with Gasteiger partial charge in [0.1, 0.15) is 5.75 Å². The molecule has 1 radical (unpaired) electrons. The molecule has 1 aliphatic rings. The second kappa shape index (κ2) is 4.03. The van der Waals surface area contributed by atoms with Crippen LogP contribution in [0.2, 0.25) is 0 Å². The number of rotatable bonds is 3. The van der Waals surface area contributed by atoms with Gasteiger partial charge in [-0.1, -0.05) is 6.07 Å². The maximum absolute atomic E-state index is 5.57. The van der Waals surface area contributed by atoms with Crippen molar-refractivity contribution in [1.82, 2.24) is 0 Å². The van der Waals surface area contributed by atoms with Gasteiger partial charge >= 0.3 is 7.48 Å². The molecular formula is C10H13BNO2. The van der Waals surface area contributed by atoms with E-state index in [4.69, 9.17) is 15.1 Å². The second-order valence-electron chi connectivity index (χ2n) is 3.20. The summed E-state index contributed by atoms with van der Waals surface area (Å²) in [7, 11) is 1.75. The third kappa shape index (κ3) is 1.63. The summed E-state index contributed by atoms with van der Waals surface area (Å²) in [4.78, 5) is 0. The topological polar surface area (TPSA) is 44.5 Å². The highest BCUT2D eigenvalue weighted by molar-refractivity contribution is 6.49. The number of ether oxygens (including phenoxy) is 1. The first-order valence-corrected chi connectivity index (χ1v) is 4.80. The molecule has 14 heavy (non-hydrogen) atoms. The van der Waals surface area contributed by atoms with Crippen LogP contribution in [0.15, 0.2) is 18.2 Å². The van der Waals surface area contributed by atoms with Crippen molar-refractivity contribution >= 4 is 12.9 Å². The predicted octanol–water partition coefficient (Wildman–Crippen LogP) is 0.360. The van der Waals surface area contributed by atoms with Crippen LogP contribution in [0, 0.1) is 0 Å². The van der Waals surface area contributed by atoms with E-state index in [-0.39, 0.29) is 6.10 Å². The van der Waals surface area contributed by atoms with Gasteiger partial charge in [0, 0.05) is 6.54 Å². The standard InChI is InChI=1S/C10H13BNO2/c1-2-13-7-3-4-8-9(5-7)11-14-10(8)6-12/h3-5,10H,2,6,12H2,1H3. The molecule has 1 aromatic rings. The summed E-state index contributed by atoms with van der Waals surface area (Å²) in [5, 5.41) is 0. The summed E-state index contributed by atoms with van der Waals surface area (Å²) in [5.41, 5.74) is 7.79. The summed E-state index contributed by atoms with van der Waals surface area (Å²) >= 11 is 0. The SMILES string of the molecule is CCOc1ccc2c(c1)[B]OC2CN. The highest BCUT2D eigenvalue weighted by Gasteiger charge is 2.23. The van der Waals surface area contributed by atoms with E-state index in [0.717, 1.165) is 16.8 Å². The fourth-order valence-electron chi connectivity index (χ4n) is 1.62. The lowest BCUT2D eigenvalue weighted by molar-refractivity contribution is 0.243. The van der Waals surface area contributed by atoms with Crippen LogP contribution in [-0.4, -0.2) is 20.6 Å². The van der Waals surface area contributed by atoms with Crippen molar-refractivity contribution in [3.05, 3.63) is 23.8 Å². The number of benzene rings is 1. The van der Waals surface area contributed by atoms with Gasteiger partial charge in [-0.2, -0.15) is 0 Å². The Morgan fingerprint density at radius 3 is 3.14 bits per heavy atom. The van der Waals surface area contributed by atoms with E-state index >= 15 is 0 Å². The molecule has 2 rings (SSSR count). The smallest absolute Gasteiger partial charge is 0.331 e. The monoisotopic (exact) mass is 190 g/mol. The predicted molar refractivity (Wildman–Crippen MR) is 55.9 cm³/mol. The molecule has 0 spiro atoms. The van der Waals surface area contributed by atoms with E-state index in [2.05, 4.69) is 0 Å². The number of nitrogens with two attached hydrogens (primary N) is 1. The van der Waals surface area contributed by atoms with Crippen molar-refractivity contribution in [3.63, 3.8) is 0 Å². The first kappa shape index (κ1) is 9.56. The van der Waals surface area contributed by atoms with Gasteiger partial charge in [0.05, 0.1) is 12.7 Å². The molecule has 1 heterocycles. The van der Waals surface area contributed by atoms with Crippen LogP contribution in [0.3, 0.4) is 0 Å². The Balaban J connectivity index is 2.25. The maximum Gasteiger partial charge on any atom is 0.331 e. The van der Waals surface area contributed by atoms with Crippen molar-refractivity contribution < 1.29 is 9.39 Å². The third-order valence-electron chi connectivity index (χ3n) is 2.29. The number of hydrogen-bond donors (Lipinski definition) is 1. The van der Waals surface area contributed by atoms with Gasteiger partial charge in [0.2, 0.25) is 0 Å². The molecule has 1 unspecified atom stereocenters. The molecule has 0 amide bonds. The summed E-state index contributed by atoms with van der Waals surface area (Å²) < 4.78 is 10.8. The molecule has 2 N–H and O–H groups in total. The van der Waals surface area contributed by atoms with Gasteiger partial charge in [-0.05, 0) is 30.1 Å². The van der Waals surface area contributed by atoms with Crippen molar-refractivity contribution in [3.8, 4) is 5.75 Å². The fraction of sp³-hybridized carbons (Fsp3) is 0.400. The van der Waals surface area contributed by atoms with Gasteiger partial charge in [-0.3, -0.25) is 0 Å². The van der Waals surface area contributed by atoms with Crippen LogP contribution in [0.25, 0.3) is 0 Å². The Morgan fingerprint density at radius 2 is 2.43 bits per heavy atom. The normalized spacial score (nSPS) is 18.9. The van der Waals surface area contributed by atoms with E-state index in [1.807, 2.05) is 25.1 Å². The zero-order valence-corrected chi connectivity index (χ0v) is 8.19. The van der Waals surface area contributed by atoms with Crippen LogP contribution < -0.4 is 15.9 Å². The lowest BCUT2D eigenvalue weighted by Gasteiger charge is -2.09. The molecule has 0 aliphatic carbocycles. The Bertz CT molecular complexity index is 330. The maximum atomic E-state index is 5.57. The van der Waals surface area contributed by atoms with Gasteiger partial charge < -0.3 is 15.1 Å². The average molecular weight is 190 g/mol. The summed E-state index contributed by atoms with van der Waals surface area (Å²) in [6.45, 7) is 3.16. The molecular weight excluding hydrogens is 177 g/mol. The largest absolute Gasteiger partial charge is 0.494 e. The first-order valence-electron chi connectivity index (χ1n) is 4.80. The molecule has 0 saturated carbocycles. The molecule has 4 heteroatoms. The van der Waals surface area contributed by atoms with Gasteiger partial charge in [0.25, 0.3) is 0 Å². The van der Waals surface area contributed by atoms with Crippen molar-refractivity contribution in [1.29, 1.82) is 0 Å². The van der Waals surface area contributed by atoms with E-state index in [1.54, 1.807) is 7.48 Å². The highest BCUT2D eigenvalue weighted by Crippen LogP contribution is 2.22. The molecule has 73 valence electrons. The van der Waals surface area contributed by atoms with Gasteiger partial charge in [0.15, 0.2) is 0 Å². The Kier molecular flexibility index (Phi) is 2.75. The van der Waals surface area contributed by atoms with Crippen molar-refractivity contribution in [2.45, 2.75) is 13.0 Å². The zero-order chi connectivity index (χ0) is 9.97. The van der Waals surface area contributed by atoms with Crippen LogP contribution >= 0.6 is 0 Å². The first-order chi connectivity index (χ1) is 6.85. The summed E-state index contributed by atoms with van der Waals surface area (Å²) in [5.74, 6) is 0.878. The molecule has 3 nitrogen and oxygen atoms in total. The second-order valence-corrected chi connectivity index (χ2v) is 3.20. The molecule has 1 atom stereocenters. The Hall–Kier alpha value is -0.995. The van der Waals surface area contributed by atoms with Crippen LogP contribution in [0.1, 0.15) is 18.6 Å². The molecule has 0 aromatic heterocycles. The lowest BCUT2D eigenvalue weighted by atomic mass is 9.86. The van der Waals surface area contributed by atoms with E-state index < -0.39 is 0 Å². The third-order valence-corrected chi connectivity index (χ3v) is 2.29. The summed E-state index contributed by atoms with van der Waals surface area (Å²) in [6, 6.07) is 5.95. The molecule has 1 aliphatic heterocycles. The molecule has 0 saturated heterocycles. The van der Waals surface area contributed by atoms with Crippen molar-refractivity contribution in [2.24, 2.45) is 5.73 Å². The lowest BCUT2D eigenvalue weighted by Crippen LogP contribution is -2.13. The van der Waals surface area contributed by atoms with Crippen LogP contribution in [-0.2, 0) is 4.65 Å². The van der Waals surface area contributed by atoms with Crippen LogP contribution in [0.5, 0.6) is 5.75 Å². The van der Waals surface area contributed by atoms with Gasteiger partial charge in [-0.25, -0.2) is 0 Å². The van der Waals surface area contributed by atoms with E-state index in [9.17, 15) is 0 Å². The summed E-state index contributed by atoms with van der Waals surface area (Å²) in [6.07, 6.45) is 0.0145. The Morgan fingerprint density at radius 1 is 1.57 bits per heavy atom. The molecule has 0 bridgehead atoms. The van der Waals surface area contributed by atoms with E-state index in [1.165, 1.54) is 0 Å². The minimum atomic E-state index is 0.0145. The minimum absolute atomic E-state index is 0.0145. The van der Waals surface area contributed by atoms with Crippen molar-refractivity contribution in [2.75, 3.05) is 13.2 Å². The average Bonchev–Trinajstić information content (AvgIpc) is 2.60. The minimum Gasteiger partial charge on any atom is -0.494 e. The van der Waals surface area contributed by atoms with Crippen LogP contribution in [0.4, 0.5) is 0 Å². The Labute approximate surface area is 84.5 Å². The van der Waals surface area contributed by atoms with E-state index in [0.29, 0.717) is 13.2 Å². The fourth-order valence-corrected chi connectivity index (χ4v) is 1.62. The molecule has 1 aromatic carbocycles. The number of hydrogen-bond acceptors (Lipinski definition) is 3. The zero-order valence-electron chi connectivity index (χ0n) is 8.19. The van der Waals surface area contributed by atoms with Gasteiger partial charge in [-0.15, -0.1) is 0 Å².